The lowest BCUT2D eigenvalue weighted by atomic mass is 9.86. The minimum absolute atomic E-state index is 0.0897. The molecule has 0 bridgehead atoms. The summed E-state index contributed by atoms with van der Waals surface area (Å²) in [7, 11) is 0. The van der Waals surface area contributed by atoms with Crippen LogP contribution >= 0.6 is 0 Å². The molecule has 1 saturated heterocycles. The second kappa shape index (κ2) is 9.38. The van der Waals surface area contributed by atoms with Gasteiger partial charge in [0.15, 0.2) is 0 Å². The molecule has 2 aromatic carbocycles. The number of rotatable bonds is 5. The molecule has 3 rings (SSSR count). The van der Waals surface area contributed by atoms with Gasteiger partial charge in [0.2, 0.25) is 11.8 Å². The van der Waals surface area contributed by atoms with E-state index in [1.54, 1.807) is 18.2 Å². The van der Waals surface area contributed by atoms with E-state index in [0.29, 0.717) is 5.56 Å². The maximum absolute atomic E-state index is 14.0. The number of likely N-dealkylation sites (tertiary alicyclic amines) is 1. The van der Waals surface area contributed by atoms with Crippen molar-refractivity contribution in [3.05, 3.63) is 59.9 Å². The molecule has 1 aliphatic rings. The number of halogens is 1. The van der Waals surface area contributed by atoms with Gasteiger partial charge in [-0.3, -0.25) is 9.59 Å². The molecule has 1 fully saturated rings. The highest BCUT2D eigenvalue weighted by molar-refractivity contribution is 5.91. The molecule has 172 valence electrons. The summed E-state index contributed by atoms with van der Waals surface area (Å²) < 4.78 is 14.0. The van der Waals surface area contributed by atoms with Crippen molar-refractivity contribution >= 4 is 11.8 Å². The number of nitrogens with one attached hydrogen (secondary N) is 1. The number of carbonyl (C=O) groups is 2. The third kappa shape index (κ3) is 5.16. The number of benzene rings is 2. The molecule has 0 radical (unpaired) electrons. The number of carbonyl (C=O) groups excluding carboxylic acids is 2. The van der Waals surface area contributed by atoms with Crippen LogP contribution in [0.2, 0.25) is 0 Å². The third-order valence-electron chi connectivity index (χ3n) is 6.02. The van der Waals surface area contributed by atoms with Gasteiger partial charge in [-0.2, -0.15) is 0 Å². The molecule has 2 amide bonds. The quantitative estimate of drug-likeness (QED) is 0.665. The Morgan fingerprint density at radius 1 is 1.16 bits per heavy atom. The number of hydrogen-bond donors (Lipinski definition) is 3. The molecular formula is C25H32FN3O3. The fraction of sp³-hybridized carbons (Fsp3) is 0.440. The molecule has 6 nitrogen and oxygen atoms in total. The number of aliphatic hydroxyl groups excluding tert-OH is 1. The molecule has 4 atom stereocenters. The normalized spacial score (nSPS) is 20.7. The average Bonchev–Trinajstić information content (AvgIpc) is 3.14. The Morgan fingerprint density at radius 3 is 2.38 bits per heavy atom. The molecule has 2 aromatic rings. The van der Waals surface area contributed by atoms with Crippen molar-refractivity contribution in [1.82, 2.24) is 10.2 Å². The van der Waals surface area contributed by atoms with Crippen LogP contribution in [0.5, 0.6) is 0 Å². The van der Waals surface area contributed by atoms with E-state index in [1.807, 2.05) is 52.0 Å². The van der Waals surface area contributed by atoms with Crippen LogP contribution in [-0.4, -0.2) is 46.6 Å². The third-order valence-corrected chi connectivity index (χ3v) is 6.02. The van der Waals surface area contributed by atoms with Crippen molar-refractivity contribution in [2.24, 2.45) is 11.1 Å². The van der Waals surface area contributed by atoms with Crippen LogP contribution in [0.25, 0.3) is 11.1 Å². The van der Waals surface area contributed by atoms with E-state index in [1.165, 1.54) is 11.0 Å². The summed E-state index contributed by atoms with van der Waals surface area (Å²) in [5, 5.41) is 13.1. The van der Waals surface area contributed by atoms with Crippen LogP contribution in [0.4, 0.5) is 4.39 Å². The van der Waals surface area contributed by atoms with Crippen molar-refractivity contribution in [2.75, 3.05) is 6.54 Å². The van der Waals surface area contributed by atoms with E-state index in [4.69, 9.17) is 5.73 Å². The molecule has 4 N–H and O–H groups in total. The van der Waals surface area contributed by atoms with Gasteiger partial charge in [0.05, 0.1) is 18.2 Å². The van der Waals surface area contributed by atoms with Gasteiger partial charge in [-0.25, -0.2) is 4.39 Å². The number of β-amino-alcohol motifs (C(OH)–C–C–N with tert-alkyl or cyclic N) is 1. The average molecular weight is 442 g/mol. The predicted octanol–water partition coefficient (Wildman–Crippen LogP) is 3.01. The Bertz CT molecular complexity index is 971. The molecular weight excluding hydrogens is 409 g/mol. The smallest absolute Gasteiger partial charge is 0.243 e. The summed E-state index contributed by atoms with van der Waals surface area (Å²) >= 11 is 0. The molecule has 1 unspecified atom stereocenters. The summed E-state index contributed by atoms with van der Waals surface area (Å²) in [5.74, 6) is -0.961. The Morgan fingerprint density at radius 2 is 1.78 bits per heavy atom. The van der Waals surface area contributed by atoms with Gasteiger partial charge in [0.25, 0.3) is 0 Å². The molecule has 0 aromatic heterocycles. The SMILES string of the molecule is C[C@H](NC(=O)[C@@H]1C[C@@H](O)CN1C(=O)C(N)C(C)(C)C)c1ccc(-c2ccccc2F)cc1. The zero-order valence-electron chi connectivity index (χ0n) is 19.0. The Kier molecular flexibility index (Phi) is 7.00. The van der Waals surface area contributed by atoms with Gasteiger partial charge in [-0.05, 0) is 29.5 Å². The lowest BCUT2D eigenvalue weighted by Crippen LogP contribution is -2.55. The number of aliphatic hydroxyl groups is 1. The predicted molar refractivity (Wildman–Crippen MR) is 122 cm³/mol. The minimum atomic E-state index is -0.772. The maximum Gasteiger partial charge on any atom is 0.243 e. The van der Waals surface area contributed by atoms with Crippen LogP contribution in [0.3, 0.4) is 0 Å². The fourth-order valence-electron chi connectivity index (χ4n) is 3.89. The molecule has 1 aliphatic heterocycles. The fourth-order valence-corrected chi connectivity index (χ4v) is 3.89. The van der Waals surface area contributed by atoms with E-state index in [9.17, 15) is 19.1 Å². The van der Waals surface area contributed by atoms with Crippen LogP contribution in [-0.2, 0) is 9.59 Å². The lowest BCUT2D eigenvalue weighted by Gasteiger charge is -2.32. The van der Waals surface area contributed by atoms with Gasteiger partial charge in [-0.1, -0.05) is 63.2 Å². The molecule has 1 heterocycles. The summed E-state index contributed by atoms with van der Waals surface area (Å²) in [6.07, 6.45) is -0.592. The second-order valence-electron chi connectivity index (χ2n) is 9.57. The Labute approximate surface area is 188 Å². The monoisotopic (exact) mass is 441 g/mol. The topological polar surface area (TPSA) is 95.7 Å². The van der Waals surface area contributed by atoms with Gasteiger partial charge < -0.3 is 21.1 Å². The van der Waals surface area contributed by atoms with E-state index in [0.717, 1.165) is 11.1 Å². The van der Waals surface area contributed by atoms with Crippen LogP contribution < -0.4 is 11.1 Å². The molecule has 0 aliphatic carbocycles. The first-order valence-electron chi connectivity index (χ1n) is 10.9. The summed E-state index contributed by atoms with van der Waals surface area (Å²) in [6.45, 7) is 7.53. The van der Waals surface area contributed by atoms with Crippen molar-refractivity contribution in [3.8, 4) is 11.1 Å². The summed E-state index contributed by atoms with van der Waals surface area (Å²) in [5.41, 5.74) is 7.77. The first-order chi connectivity index (χ1) is 15.0. The highest BCUT2D eigenvalue weighted by Gasteiger charge is 2.42. The minimum Gasteiger partial charge on any atom is -0.391 e. The van der Waals surface area contributed by atoms with Gasteiger partial charge in [-0.15, -0.1) is 0 Å². The van der Waals surface area contributed by atoms with Crippen LogP contribution in [0.15, 0.2) is 48.5 Å². The van der Waals surface area contributed by atoms with Crippen LogP contribution in [0.1, 0.15) is 45.7 Å². The first-order valence-corrected chi connectivity index (χ1v) is 10.9. The van der Waals surface area contributed by atoms with Crippen LogP contribution in [0, 0.1) is 11.2 Å². The van der Waals surface area contributed by atoms with Crippen molar-refractivity contribution in [2.45, 2.75) is 58.3 Å². The highest BCUT2D eigenvalue weighted by Crippen LogP contribution is 2.27. The summed E-state index contributed by atoms with van der Waals surface area (Å²) in [4.78, 5) is 27.3. The Balaban J connectivity index is 1.70. The zero-order chi connectivity index (χ0) is 23.6. The molecule has 0 spiro atoms. The first kappa shape index (κ1) is 23.9. The summed E-state index contributed by atoms with van der Waals surface area (Å²) in [6, 6.07) is 12.0. The van der Waals surface area contributed by atoms with E-state index < -0.39 is 23.6 Å². The van der Waals surface area contributed by atoms with Gasteiger partial charge >= 0.3 is 0 Å². The van der Waals surface area contributed by atoms with Crippen molar-refractivity contribution < 1.29 is 19.1 Å². The maximum atomic E-state index is 14.0. The number of nitrogens with two attached hydrogens (primary N) is 1. The Hall–Kier alpha value is -2.77. The zero-order valence-corrected chi connectivity index (χ0v) is 19.0. The van der Waals surface area contributed by atoms with E-state index >= 15 is 0 Å². The second-order valence-corrected chi connectivity index (χ2v) is 9.57. The van der Waals surface area contributed by atoms with Gasteiger partial charge in [0, 0.05) is 18.5 Å². The van der Waals surface area contributed by atoms with Crippen molar-refractivity contribution in [3.63, 3.8) is 0 Å². The lowest BCUT2D eigenvalue weighted by molar-refractivity contribution is -0.141. The number of nitrogens with zero attached hydrogens (tertiary/aromatic N) is 1. The molecule has 32 heavy (non-hydrogen) atoms. The highest BCUT2D eigenvalue weighted by atomic mass is 19.1. The molecule has 0 saturated carbocycles. The van der Waals surface area contributed by atoms with Gasteiger partial charge in [0.1, 0.15) is 11.9 Å². The van der Waals surface area contributed by atoms with E-state index in [2.05, 4.69) is 5.32 Å². The largest absolute Gasteiger partial charge is 0.391 e. The molecule has 7 heteroatoms. The number of hydrogen-bond acceptors (Lipinski definition) is 4. The number of amides is 2. The standard InChI is InChI=1S/C25H32FN3O3/c1-15(16-9-11-17(12-10-16)19-7-5-6-8-20(19)26)28-23(31)21-13-18(30)14-29(21)24(32)22(27)25(2,3)4/h5-12,15,18,21-22,30H,13-14,27H2,1-4H3,(H,28,31)/t15-,18+,21-,22?/m0/s1. The van der Waals surface area contributed by atoms with Crippen molar-refractivity contribution in [1.29, 1.82) is 0 Å². The van der Waals surface area contributed by atoms with E-state index in [-0.39, 0.29) is 36.6 Å².